The summed E-state index contributed by atoms with van der Waals surface area (Å²) in [5, 5.41) is 4.27. The molecule has 1 aliphatic rings. The molecule has 0 aliphatic heterocycles. The maximum atomic E-state index is 12.1. The Balaban J connectivity index is 1.54. The summed E-state index contributed by atoms with van der Waals surface area (Å²) < 4.78 is 11.1. The number of nitrogens with one attached hydrogen (secondary N) is 1. The van der Waals surface area contributed by atoms with Gasteiger partial charge in [0.2, 0.25) is 0 Å². The number of amides is 1. The van der Waals surface area contributed by atoms with Crippen molar-refractivity contribution >= 4 is 11.6 Å². The van der Waals surface area contributed by atoms with Crippen LogP contribution in [0.25, 0.3) is 0 Å². The summed E-state index contributed by atoms with van der Waals surface area (Å²) in [7, 11) is 0. The Labute approximate surface area is 141 Å². The second kappa shape index (κ2) is 7.81. The van der Waals surface area contributed by atoms with E-state index >= 15 is 0 Å². The van der Waals surface area contributed by atoms with Crippen molar-refractivity contribution < 1.29 is 13.9 Å². The van der Waals surface area contributed by atoms with Crippen LogP contribution in [0.4, 0.5) is 0 Å². The van der Waals surface area contributed by atoms with Gasteiger partial charge in [-0.25, -0.2) is 5.43 Å². The van der Waals surface area contributed by atoms with Gasteiger partial charge in [-0.15, -0.1) is 0 Å². The molecule has 5 heteroatoms. The number of para-hydroxylation sites is 1. The van der Waals surface area contributed by atoms with Crippen molar-refractivity contribution in [3.05, 3.63) is 54.0 Å². The highest BCUT2D eigenvalue weighted by Crippen LogP contribution is 2.20. The second-order valence-corrected chi connectivity index (χ2v) is 6.06. The Bertz CT molecular complexity index is 706. The van der Waals surface area contributed by atoms with Gasteiger partial charge in [-0.05, 0) is 49.4 Å². The molecule has 126 valence electrons. The van der Waals surface area contributed by atoms with E-state index in [9.17, 15) is 4.79 Å². The van der Waals surface area contributed by atoms with Gasteiger partial charge in [0.15, 0.2) is 5.76 Å². The zero-order valence-corrected chi connectivity index (χ0v) is 13.8. The average Bonchev–Trinajstić information content (AvgIpc) is 3.09. The quantitative estimate of drug-likeness (QED) is 0.839. The van der Waals surface area contributed by atoms with Crippen molar-refractivity contribution in [2.75, 3.05) is 0 Å². The van der Waals surface area contributed by atoms with E-state index in [0.717, 1.165) is 30.7 Å². The highest BCUT2D eigenvalue weighted by atomic mass is 16.5. The molecular formula is C19H22N2O3. The van der Waals surface area contributed by atoms with Gasteiger partial charge in [0, 0.05) is 5.71 Å². The number of carbonyl (C=O) groups excluding carboxylic acids is 1. The molecule has 3 rings (SSSR count). The predicted molar refractivity (Wildman–Crippen MR) is 92.0 cm³/mol. The molecule has 1 N–H and O–H groups in total. The first-order valence-electron chi connectivity index (χ1n) is 8.36. The molecule has 2 aromatic rings. The first kappa shape index (κ1) is 16.3. The molecule has 5 nitrogen and oxygen atoms in total. The van der Waals surface area contributed by atoms with Crippen LogP contribution in [-0.2, 0) is 6.61 Å². The predicted octanol–water partition coefficient (Wildman–Crippen LogP) is 4.15. The lowest BCUT2D eigenvalue weighted by Crippen LogP contribution is -2.24. The Morgan fingerprint density at radius 2 is 2.08 bits per heavy atom. The zero-order valence-electron chi connectivity index (χ0n) is 13.8. The Hall–Kier alpha value is -2.56. The molecule has 0 radical (unpaired) electrons. The SMILES string of the molecule is C[C@@H]1CCCCC1=NNC(=O)c1ccc(COc2ccccc2)o1. The molecule has 1 amide bonds. The van der Waals surface area contributed by atoms with Gasteiger partial charge < -0.3 is 9.15 Å². The van der Waals surface area contributed by atoms with E-state index in [1.807, 2.05) is 30.3 Å². The van der Waals surface area contributed by atoms with Crippen LogP contribution in [0, 0.1) is 5.92 Å². The fraction of sp³-hybridized carbons (Fsp3) is 0.368. The van der Waals surface area contributed by atoms with Crippen LogP contribution in [0.2, 0.25) is 0 Å². The van der Waals surface area contributed by atoms with Gasteiger partial charge >= 0.3 is 5.91 Å². The Kier molecular flexibility index (Phi) is 5.31. The lowest BCUT2D eigenvalue weighted by atomic mass is 9.89. The number of hydrogen-bond donors (Lipinski definition) is 1. The van der Waals surface area contributed by atoms with Crippen LogP contribution in [0.1, 0.15) is 48.9 Å². The van der Waals surface area contributed by atoms with Crippen molar-refractivity contribution in [1.82, 2.24) is 5.43 Å². The largest absolute Gasteiger partial charge is 0.486 e. The highest BCUT2D eigenvalue weighted by Gasteiger charge is 2.17. The van der Waals surface area contributed by atoms with Crippen LogP contribution in [0.3, 0.4) is 0 Å². The fourth-order valence-corrected chi connectivity index (χ4v) is 2.76. The molecule has 1 fully saturated rings. The topological polar surface area (TPSA) is 63.8 Å². The van der Waals surface area contributed by atoms with E-state index < -0.39 is 0 Å². The summed E-state index contributed by atoms with van der Waals surface area (Å²) >= 11 is 0. The number of benzene rings is 1. The number of carbonyl (C=O) groups is 1. The van der Waals surface area contributed by atoms with Crippen LogP contribution in [0.5, 0.6) is 5.75 Å². The van der Waals surface area contributed by atoms with Crippen molar-refractivity contribution in [3.8, 4) is 5.75 Å². The van der Waals surface area contributed by atoms with E-state index in [4.69, 9.17) is 9.15 Å². The fourth-order valence-electron chi connectivity index (χ4n) is 2.76. The van der Waals surface area contributed by atoms with Crippen molar-refractivity contribution in [1.29, 1.82) is 0 Å². The first-order chi connectivity index (χ1) is 11.7. The standard InChI is InChI=1S/C19H22N2O3/c1-14-7-5-6-10-17(14)20-21-19(22)18-12-11-16(24-18)13-23-15-8-3-2-4-9-15/h2-4,8-9,11-12,14H,5-7,10,13H2,1H3,(H,21,22)/t14-/m1/s1. The van der Waals surface area contributed by atoms with E-state index in [-0.39, 0.29) is 18.3 Å². The van der Waals surface area contributed by atoms with Crippen LogP contribution < -0.4 is 10.2 Å². The van der Waals surface area contributed by atoms with Crippen molar-refractivity contribution in [3.63, 3.8) is 0 Å². The smallest absolute Gasteiger partial charge is 0.307 e. The summed E-state index contributed by atoms with van der Waals surface area (Å²) in [6, 6.07) is 12.9. The molecule has 1 aromatic carbocycles. The van der Waals surface area contributed by atoms with Crippen molar-refractivity contribution in [2.45, 2.75) is 39.2 Å². The van der Waals surface area contributed by atoms with E-state index in [1.165, 1.54) is 6.42 Å². The Morgan fingerprint density at radius 1 is 1.25 bits per heavy atom. The molecular weight excluding hydrogens is 304 g/mol. The number of furan rings is 1. The van der Waals surface area contributed by atoms with Crippen LogP contribution in [-0.4, -0.2) is 11.6 Å². The Morgan fingerprint density at radius 3 is 2.88 bits per heavy atom. The number of hydrogen-bond acceptors (Lipinski definition) is 4. The van der Waals surface area contributed by atoms with Crippen molar-refractivity contribution in [2.24, 2.45) is 11.0 Å². The minimum atomic E-state index is -0.328. The number of rotatable bonds is 5. The van der Waals surface area contributed by atoms with Gasteiger partial charge in [0.1, 0.15) is 18.1 Å². The highest BCUT2D eigenvalue weighted by molar-refractivity contribution is 5.93. The summed E-state index contributed by atoms with van der Waals surface area (Å²) in [4.78, 5) is 12.1. The summed E-state index contributed by atoms with van der Waals surface area (Å²) in [6.07, 6.45) is 4.46. The van der Waals surface area contributed by atoms with Gasteiger partial charge in [-0.1, -0.05) is 31.5 Å². The maximum Gasteiger partial charge on any atom is 0.307 e. The summed E-state index contributed by atoms with van der Waals surface area (Å²) in [5.41, 5.74) is 3.66. The molecule has 24 heavy (non-hydrogen) atoms. The normalized spacial score (nSPS) is 19.2. The third kappa shape index (κ3) is 4.25. The molecule has 0 bridgehead atoms. The maximum absolute atomic E-state index is 12.1. The molecule has 1 saturated carbocycles. The second-order valence-electron chi connectivity index (χ2n) is 6.06. The summed E-state index contributed by atoms with van der Waals surface area (Å²) in [5.74, 6) is 1.71. The average molecular weight is 326 g/mol. The molecule has 0 saturated heterocycles. The number of hydrazone groups is 1. The molecule has 0 spiro atoms. The summed E-state index contributed by atoms with van der Waals surface area (Å²) in [6.45, 7) is 2.43. The number of ether oxygens (including phenoxy) is 1. The van der Waals surface area contributed by atoms with E-state index in [0.29, 0.717) is 11.7 Å². The third-order valence-electron chi connectivity index (χ3n) is 4.20. The minimum absolute atomic E-state index is 0.245. The minimum Gasteiger partial charge on any atom is -0.486 e. The molecule has 0 unspecified atom stereocenters. The monoisotopic (exact) mass is 326 g/mol. The zero-order chi connectivity index (χ0) is 16.8. The lowest BCUT2D eigenvalue weighted by Gasteiger charge is -2.19. The molecule has 1 aromatic heterocycles. The molecule has 1 aliphatic carbocycles. The molecule has 1 heterocycles. The lowest BCUT2D eigenvalue weighted by molar-refractivity contribution is 0.0922. The van der Waals surface area contributed by atoms with Crippen LogP contribution >= 0.6 is 0 Å². The van der Waals surface area contributed by atoms with E-state index in [1.54, 1.807) is 12.1 Å². The first-order valence-corrected chi connectivity index (χ1v) is 8.36. The molecule has 1 atom stereocenters. The number of nitrogens with zero attached hydrogens (tertiary/aromatic N) is 1. The van der Waals surface area contributed by atoms with Gasteiger partial charge in [0.05, 0.1) is 0 Å². The van der Waals surface area contributed by atoms with Gasteiger partial charge in [-0.2, -0.15) is 5.10 Å². The third-order valence-corrected chi connectivity index (χ3v) is 4.20. The van der Waals surface area contributed by atoms with E-state index in [2.05, 4.69) is 17.5 Å². The van der Waals surface area contributed by atoms with Gasteiger partial charge in [-0.3, -0.25) is 4.79 Å². The van der Waals surface area contributed by atoms with Gasteiger partial charge in [0.25, 0.3) is 0 Å². The van der Waals surface area contributed by atoms with Crippen LogP contribution in [0.15, 0.2) is 52.0 Å².